The van der Waals surface area contributed by atoms with Gasteiger partial charge in [-0.05, 0) is 29.1 Å². The zero-order valence-corrected chi connectivity index (χ0v) is 13.8. The Bertz CT molecular complexity index is 752. The van der Waals surface area contributed by atoms with Crippen molar-refractivity contribution in [1.29, 1.82) is 0 Å². The molecule has 0 unspecified atom stereocenters. The molecule has 0 fully saturated rings. The first-order valence-electron chi connectivity index (χ1n) is 7.58. The Kier molecular flexibility index (Phi) is 5.30. The summed E-state index contributed by atoms with van der Waals surface area (Å²) >= 11 is 1.59. The van der Waals surface area contributed by atoms with Gasteiger partial charge >= 0.3 is 6.03 Å². The van der Waals surface area contributed by atoms with Gasteiger partial charge in [0.1, 0.15) is 5.76 Å². The molecule has 0 radical (unpaired) electrons. The highest BCUT2D eigenvalue weighted by Gasteiger charge is 2.10. The zero-order chi connectivity index (χ0) is 16.8. The van der Waals surface area contributed by atoms with Crippen molar-refractivity contribution in [3.63, 3.8) is 0 Å². The first kappa shape index (κ1) is 16.3. The quantitative estimate of drug-likeness (QED) is 0.641. The van der Waals surface area contributed by atoms with Crippen LogP contribution in [0.4, 0.5) is 4.79 Å². The smallest absolute Gasteiger partial charge is 0.315 e. The number of aliphatic hydroxyl groups is 1. The number of carbonyl (C=O) groups is 1. The molecule has 0 aliphatic carbocycles. The fourth-order valence-electron chi connectivity index (χ4n) is 2.26. The van der Waals surface area contributed by atoms with Crippen molar-refractivity contribution in [3.05, 3.63) is 70.6 Å². The van der Waals surface area contributed by atoms with Gasteiger partial charge in [0.05, 0.1) is 18.9 Å². The van der Waals surface area contributed by atoms with Crippen LogP contribution in [0.5, 0.6) is 0 Å². The molecular weight excluding hydrogens is 324 g/mol. The molecule has 0 aliphatic rings. The standard InChI is InChI=1S/C18H18N2O3S/c21-16(12-20-18(22)19-11-15-3-2-10-24-15)13-5-7-14(8-6-13)17-4-1-9-23-17/h1-10,16,21H,11-12H2,(H2,19,20,22)/t16-/m0/s1. The van der Waals surface area contributed by atoms with Gasteiger partial charge < -0.3 is 20.2 Å². The maximum absolute atomic E-state index is 11.7. The summed E-state index contributed by atoms with van der Waals surface area (Å²) in [7, 11) is 0. The van der Waals surface area contributed by atoms with Crippen molar-refractivity contribution < 1.29 is 14.3 Å². The van der Waals surface area contributed by atoms with Gasteiger partial charge in [-0.2, -0.15) is 0 Å². The van der Waals surface area contributed by atoms with Gasteiger partial charge in [0.25, 0.3) is 0 Å². The van der Waals surface area contributed by atoms with E-state index in [1.54, 1.807) is 17.6 Å². The van der Waals surface area contributed by atoms with E-state index in [0.717, 1.165) is 21.8 Å². The van der Waals surface area contributed by atoms with Crippen LogP contribution in [0, 0.1) is 0 Å². The van der Waals surface area contributed by atoms with Crippen LogP contribution in [0.2, 0.25) is 0 Å². The zero-order valence-electron chi connectivity index (χ0n) is 12.9. The molecule has 5 nitrogen and oxygen atoms in total. The minimum atomic E-state index is -0.761. The molecule has 0 aliphatic heterocycles. The summed E-state index contributed by atoms with van der Waals surface area (Å²) in [6.07, 6.45) is 0.861. The number of benzene rings is 1. The van der Waals surface area contributed by atoms with E-state index in [1.807, 2.05) is 53.9 Å². The summed E-state index contributed by atoms with van der Waals surface area (Å²) in [6.45, 7) is 0.633. The predicted octanol–water partition coefficient (Wildman–Crippen LogP) is 3.54. The largest absolute Gasteiger partial charge is 0.464 e. The number of rotatable bonds is 6. The fraction of sp³-hybridized carbons (Fsp3) is 0.167. The molecule has 3 rings (SSSR count). The van der Waals surface area contributed by atoms with E-state index in [0.29, 0.717) is 6.54 Å². The van der Waals surface area contributed by atoms with Crippen LogP contribution in [0.1, 0.15) is 16.5 Å². The van der Waals surface area contributed by atoms with Gasteiger partial charge in [-0.25, -0.2) is 4.79 Å². The topological polar surface area (TPSA) is 74.5 Å². The SMILES string of the molecule is O=C(NCc1cccs1)NC[C@H](O)c1ccc(-c2ccco2)cc1. The van der Waals surface area contributed by atoms with Crippen molar-refractivity contribution >= 4 is 17.4 Å². The number of urea groups is 1. The Morgan fingerprint density at radius 2 is 1.96 bits per heavy atom. The molecule has 0 bridgehead atoms. The first-order chi connectivity index (χ1) is 11.7. The van der Waals surface area contributed by atoms with E-state index in [4.69, 9.17) is 4.42 Å². The first-order valence-corrected chi connectivity index (χ1v) is 8.46. The summed E-state index contributed by atoms with van der Waals surface area (Å²) in [4.78, 5) is 12.8. The molecule has 0 saturated carbocycles. The monoisotopic (exact) mass is 342 g/mol. The lowest BCUT2D eigenvalue weighted by Gasteiger charge is -2.13. The highest BCUT2D eigenvalue weighted by Crippen LogP contribution is 2.22. The Morgan fingerprint density at radius 3 is 2.62 bits per heavy atom. The van der Waals surface area contributed by atoms with Crippen LogP contribution in [-0.4, -0.2) is 17.7 Å². The average Bonchev–Trinajstić information content (AvgIpc) is 3.31. The van der Waals surface area contributed by atoms with Crippen molar-refractivity contribution in [2.45, 2.75) is 12.6 Å². The molecule has 2 aromatic heterocycles. The number of hydrogen-bond acceptors (Lipinski definition) is 4. The van der Waals surface area contributed by atoms with Crippen LogP contribution in [0.25, 0.3) is 11.3 Å². The third kappa shape index (κ3) is 4.24. The van der Waals surface area contributed by atoms with E-state index >= 15 is 0 Å². The molecule has 0 spiro atoms. The van der Waals surface area contributed by atoms with Crippen LogP contribution in [-0.2, 0) is 6.54 Å². The minimum absolute atomic E-state index is 0.149. The van der Waals surface area contributed by atoms with Crippen LogP contribution < -0.4 is 10.6 Å². The van der Waals surface area contributed by atoms with Gasteiger partial charge in [-0.1, -0.05) is 30.3 Å². The van der Waals surface area contributed by atoms with Gasteiger partial charge in [0, 0.05) is 17.0 Å². The lowest BCUT2D eigenvalue weighted by Crippen LogP contribution is -2.37. The van der Waals surface area contributed by atoms with E-state index in [1.165, 1.54) is 0 Å². The number of carbonyl (C=O) groups excluding carboxylic acids is 1. The molecule has 2 amide bonds. The van der Waals surface area contributed by atoms with Crippen LogP contribution in [0.3, 0.4) is 0 Å². The Morgan fingerprint density at radius 1 is 1.12 bits per heavy atom. The second-order valence-corrected chi connectivity index (χ2v) is 6.29. The molecule has 3 N–H and O–H groups in total. The minimum Gasteiger partial charge on any atom is -0.464 e. The number of thiophene rings is 1. The molecule has 1 atom stereocenters. The van der Waals surface area contributed by atoms with Crippen molar-refractivity contribution in [2.75, 3.05) is 6.54 Å². The summed E-state index contributed by atoms with van der Waals surface area (Å²) in [5, 5.41) is 17.6. The van der Waals surface area contributed by atoms with E-state index in [-0.39, 0.29) is 12.6 Å². The van der Waals surface area contributed by atoms with Crippen LogP contribution in [0.15, 0.2) is 64.6 Å². The molecule has 24 heavy (non-hydrogen) atoms. The van der Waals surface area contributed by atoms with E-state index in [2.05, 4.69) is 10.6 Å². The summed E-state index contributed by atoms with van der Waals surface area (Å²) in [5.41, 5.74) is 1.68. The number of amides is 2. The summed E-state index contributed by atoms with van der Waals surface area (Å²) in [5.74, 6) is 0.780. The number of nitrogens with one attached hydrogen (secondary N) is 2. The molecular formula is C18H18N2O3S. The van der Waals surface area contributed by atoms with Crippen molar-refractivity contribution in [1.82, 2.24) is 10.6 Å². The normalized spacial score (nSPS) is 11.9. The maximum atomic E-state index is 11.7. The Labute approximate surface area is 143 Å². The van der Waals surface area contributed by atoms with Gasteiger partial charge in [-0.15, -0.1) is 11.3 Å². The van der Waals surface area contributed by atoms with Gasteiger partial charge in [0.15, 0.2) is 0 Å². The number of hydrogen-bond donors (Lipinski definition) is 3. The van der Waals surface area contributed by atoms with E-state index in [9.17, 15) is 9.90 Å². The molecule has 124 valence electrons. The fourth-order valence-corrected chi connectivity index (χ4v) is 2.91. The number of aliphatic hydroxyl groups excluding tert-OH is 1. The molecule has 2 heterocycles. The Balaban J connectivity index is 1.47. The van der Waals surface area contributed by atoms with Gasteiger partial charge in [0.2, 0.25) is 0 Å². The lowest BCUT2D eigenvalue weighted by molar-refractivity contribution is 0.173. The van der Waals surface area contributed by atoms with Crippen LogP contribution >= 0.6 is 11.3 Å². The third-order valence-corrected chi connectivity index (χ3v) is 4.44. The van der Waals surface area contributed by atoms with Crippen molar-refractivity contribution in [3.8, 4) is 11.3 Å². The van der Waals surface area contributed by atoms with Crippen molar-refractivity contribution in [2.24, 2.45) is 0 Å². The summed E-state index contributed by atoms with van der Waals surface area (Å²) in [6, 6.07) is 14.7. The maximum Gasteiger partial charge on any atom is 0.315 e. The third-order valence-electron chi connectivity index (χ3n) is 3.56. The second kappa shape index (κ2) is 7.81. The highest BCUT2D eigenvalue weighted by atomic mass is 32.1. The molecule has 3 aromatic rings. The Hall–Kier alpha value is -2.57. The van der Waals surface area contributed by atoms with Gasteiger partial charge in [-0.3, -0.25) is 0 Å². The number of furan rings is 1. The average molecular weight is 342 g/mol. The highest BCUT2D eigenvalue weighted by molar-refractivity contribution is 7.09. The second-order valence-electron chi connectivity index (χ2n) is 5.26. The molecule has 0 saturated heterocycles. The lowest BCUT2D eigenvalue weighted by atomic mass is 10.1. The van der Waals surface area contributed by atoms with E-state index < -0.39 is 6.10 Å². The molecule has 6 heteroatoms. The predicted molar refractivity (Wildman–Crippen MR) is 93.7 cm³/mol. The summed E-state index contributed by atoms with van der Waals surface area (Å²) < 4.78 is 5.33. The molecule has 1 aromatic carbocycles.